The fourth-order valence-electron chi connectivity index (χ4n) is 2.24. The standard InChI is InChI=1S/C18H20O6/c19-14-5-6-17-18(13-14)24-10-8-20-7-9-21-15-3-1-2-4-16(15)22-11-12-23-17/h1-6,13,19H,7-12H2. The average Bonchev–Trinajstić information content (AvgIpc) is 2.60. The maximum Gasteiger partial charge on any atom is 0.164 e. The van der Waals surface area contributed by atoms with E-state index in [4.69, 9.17) is 23.7 Å². The zero-order valence-electron chi connectivity index (χ0n) is 13.3. The van der Waals surface area contributed by atoms with Gasteiger partial charge in [-0.3, -0.25) is 0 Å². The van der Waals surface area contributed by atoms with Gasteiger partial charge in [-0.2, -0.15) is 0 Å². The molecule has 1 heterocycles. The van der Waals surface area contributed by atoms with Crippen LogP contribution < -0.4 is 18.9 Å². The number of hydrogen-bond donors (Lipinski definition) is 1. The molecule has 0 unspecified atom stereocenters. The molecular weight excluding hydrogens is 312 g/mol. The summed E-state index contributed by atoms with van der Waals surface area (Å²) in [4.78, 5) is 0. The first-order chi connectivity index (χ1) is 11.8. The molecule has 0 aromatic heterocycles. The minimum Gasteiger partial charge on any atom is -0.508 e. The Morgan fingerprint density at radius 1 is 0.583 bits per heavy atom. The summed E-state index contributed by atoms with van der Waals surface area (Å²) in [6, 6.07) is 12.2. The molecule has 2 aromatic rings. The van der Waals surface area contributed by atoms with Crippen molar-refractivity contribution in [1.29, 1.82) is 0 Å². The summed E-state index contributed by atoms with van der Waals surface area (Å²) >= 11 is 0. The molecule has 3 rings (SSSR count). The van der Waals surface area contributed by atoms with E-state index in [1.807, 2.05) is 24.3 Å². The lowest BCUT2D eigenvalue weighted by atomic mass is 10.3. The maximum atomic E-state index is 9.60. The van der Waals surface area contributed by atoms with E-state index in [9.17, 15) is 5.11 Å². The zero-order valence-corrected chi connectivity index (χ0v) is 13.3. The lowest BCUT2D eigenvalue weighted by Crippen LogP contribution is -2.12. The largest absolute Gasteiger partial charge is 0.508 e. The predicted octanol–water partition coefficient (Wildman–Crippen LogP) is 2.64. The second-order valence-electron chi connectivity index (χ2n) is 5.08. The Labute approximate surface area is 140 Å². The molecular formula is C18H20O6. The van der Waals surface area contributed by atoms with Gasteiger partial charge in [0.15, 0.2) is 23.0 Å². The normalized spacial score (nSPS) is 15.8. The molecule has 0 amide bonds. The van der Waals surface area contributed by atoms with E-state index in [1.54, 1.807) is 12.1 Å². The van der Waals surface area contributed by atoms with E-state index in [1.165, 1.54) is 6.07 Å². The Bertz CT molecular complexity index is 658. The third-order valence-electron chi connectivity index (χ3n) is 3.35. The zero-order chi connectivity index (χ0) is 16.6. The molecule has 0 bridgehead atoms. The van der Waals surface area contributed by atoms with Crippen LogP contribution in [0.2, 0.25) is 0 Å². The number of hydrogen-bond acceptors (Lipinski definition) is 6. The van der Waals surface area contributed by atoms with Gasteiger partial charge in [-0.1, -0.05) is 12.1 Å². The van der Waals surface area contributed by atoms with E-state index in [0.717, 1.165) is 0 Å². The Kier molecular flexibility index (Phi) is 5.63. The van der Waals surface area contributed by atoms with Crippen molar-refractivity contribution in [1.82, 2.24) is 0 Å². The molecule has 0 spiro atoms. The first-order valence-corrected chi connectivity index (χ1v) is 7.84. The summed E-state index contributed by atoms with van der Waals surface area (Å²) in [6.07, 6.45) is 0. The van der Waals surface area contributed by atoms with Crippen LogP contribution in [0.1, 0.15) is 0 Å². The van der Waals surface area contributed by atoms with Crippen LogP contribution in [-0.4, -0.2) is 44.7 Å². The minimum absolute atomic E-state index is 0.120. The first kappa shape index (κ1) is 16.3. The molecule has 0 saturated heterocycles. The molecule has 0 fully saturated rings. The minimum atomic E-state index is 0.120. The summed E-state index contributed by atoms with van der Waals surface area (Å²) in [5, 5.41) is 9.60. The van der Waals surface area contributed by atoms with Crippen molar-refractivity contribution in [2.45, 2.75) is 0 Å². The third kappa shape index (κ3) is 4.45. The molecule has 6 heteroatoms. The highest BCUT2D eigenvalue weighted by atomic mass is 16.6. The number of aromatic hydroxyl groups is 1. The Hall–Kier alpha value is -2.60. The highest BCUT2D eigenvalue weighted by Gasteiger charge is 2.09. The lowest BCUT2D eigenvalue weighted by Gasteiger charge is -2.14. The maximum absolute atomic E-state index is 9.60. The van der Waals surface area contributed by atoms with Gasteiger partial charge in [0, 0.05) is 6.07 Å². The number of benzene rings is 2. The van der Waals surface area contributed by atoms with Crippen LogP contribution in [0.5, 0.6) is 28.7 Å². The van der Waals surface area contributed by atoms with E-state index in [0.29, 0.717) is 62.6 Å². The fraction of sp³-hybridized carbons (Fsp3) is 0.333. The number of phenols is 1. The van der Waals surface area contributed by atoms with Gasteiger partial charge >= 0.3 is 0 Å². The van der Waals surface area contributed by atoms with Gasteiger partial charge in [0.1, 0.15) is 32.2 Å². The molecule has 128 valence electrons. The molecule has 1 aliphatic heterocycles. The molecule has 0 radical (unpaired) electrons. The number of phenolic OH excluding ortho intramolecular Hbond substituents is 1. The van der Waals surface area contributed by atoms with Crippen molar-refractivity contribution >= 4 is 0 Å². The molecule has 1 aliphatic rings. The van der Waals surface area contributed by atoms with Gasteiger partial charge in [-0.25, -0.2) is 0 Å². The molecule has 24 heavy (non-hydrogen) atoms. The van der Waals surface area contributed by atoms with Crippen molar-refractivity contribution in [3.05, 3.63) is 42.5 Å². The van der Waals surface area contributed by atoms with E-state index < -0.39 is 0 Å². The van der Waals surface area contributed by atoms with Crippen LogP contribution in [0.25, 0.3) is 0 Å². The molecule has 0 atom stereocenters. The SMILES string of the molecule is Oc1ccc2c(c1)OCCOCCOc1ccccc1OCCO2. The summed E-state index contributed by atoms with van der Waals surface area (Å²) in [6.45, 7) is 2.34. The predicted molar refractivity (Wildman–Crippen MR) is 87.3 cm³/mol. The van der Waals surface area contributed by atoms with Gasteiger partial charge in [0.25, 0.3) is 0 Å². The van der Waals surface area contributed by atoms with Crippen molar-refractivity contribution < 1.29 is 28.8 Å². The quantitative estimate of drug-likeness (QED) is 0.800. The summed E-state index contributed by atoms with van der Waals surface area (Å²) < 4.78 is 28.2. The molecule has 0 aliphatic carbocycles. The number of ether oxygens (including phenoxy) is 5. The van der Waals surface area contributed by atoms with E-state index in [-0.39, 0.29) is 5.75 Å². The van der Waals surface area contributed by atoms with Crippen LogP contribution in [-0.2, 0) is 4.74 Å². The average molecular weight is 332 g/mol. The van der Waals surface area contributed by atoms with Gasteiger partial charge < -0.3 is 28.8 Å². The highest BCUT2D eigenvalue weighted by molar-refractivity contribution is 5.45. The van der Waals surface area contributed by atoms with Crippen molar-refractivity contribution in [2.75, 3.05) is 39.6 Å². The van der Waals surface area contributed by atoms with Crippen LogP contribution in [0.3, 0.4) is 0 Å². The first-order valence-electron chi connectivity index (χ1n) is 7.84. The molecule has 0 saturated carbocycles. The van der Waals surface area contributed by atoms with E-state index >= 15 is 0 Å². The molecule has 6 nitrogen and oxygen atoms in total. The number of fused-ring (bicyclic) bond motifs is 2. The summed E-state index contributed by atoms with van der Waals surface area (Å²) in [5.74, 6) is 2.49. The third-order valence-corrected chi connectivity index (χ3v) is 3.35. The number of para-hydroxylation sites is 2. The van der Waals surface area contributed by atoms with Crippen LogP contribution in [0.15, 0.2) is 42.5 Å². The smallest absolute Gasteiger partial charge is 0.164 e. The van der Waals surface area contributed by atoms with Crippen molar-refractivity contribution in [3.63, 3.8) is 0 Å². The fourth-order valence-corrected chi connectivity index (χ4v) is 2.24. The van der Waals surface area contributed by atoms with Gasteiger partial charge in [-0.15, -0.1) is 0 Å². The Balaban J connectivity index is 1.70. The highest BCUT2D eigenvalue weighted by Crippen LogP contribution is 2.31. The van der Waals surface area contributed by atoms with Crippen LogP contribution in [0.4, 0.5) is 0 Å². The monoisotopic (exact) mass is 332 g/mol. The van der Waals surface area contributed by atoms with Crippen molar-refractivity contribution in [3.8, 4) is 28.7 Å². The van der Waals surface area contributed by atoms with Crippen LogP contribution in [0, 0.1) is 0 Å². The van der Waals surface area contributed by atoms with Gasteiger partial charge in [0.2, 0.25) is 0 Å². The Morgan fingerprint density at radius 2 is 1.08 bits per heavy atom. The van der Waals surface area contributed by atoms with Gasteiger partial charge in [0.05, 0.1) is 13.2 Å². The van der Waals surface area contributed by atoms with Gasteiger partial charge in [-0.05, 0) is 24.3 Å². The summed E-state index contributed by atoms with van der Waals surface area (Å²) in [7, 11) is 0. The second-order valence-corrected chi connectivity index (χ2v) is 5.08. The second kappa shape index (κ2) is 8.31. The topological polar surface area (TPSA) is 66.4 Å². The lowest BCUT2D eigenvalue weighted by molar-refractivity contribution is 0.0753. The number of rotatable bonds is 0. The molecule has 2 aromatic carbocycles. The molecule has 1 N–H and O–H groups in total. The Morgan fingerprint density at radius 3 is 1.71 bits per heavy atom. The summed E-state index contributed by atoms with van der Waals surface area (Å²) in [5.41, 5.74) is 0. The van der Waals surface area contributed by atoms with Crippen molar-refractivity contribution in [2.24, 2.45) is 0 Å². The van der Waals surface area contributed by atoms with Crippen LogP contribution >= 0.6 is 0 Å². The van der Waals surface area contributed by atoms with E-state index in [2.05, 4.69) is 0 Å².